The lowest BCUT2D eigenvalue weighted by atomic mass is 10.1. The average Bonchev–Trinajstić information content (AvgIpc) is 3.82. The van der Waals surface area contributed by atoms with Crippen molar-refractivity contribution in [1.29, 1.82) is 10.8 Å². The molecular weight excluding hydrogens is 572 g/mol. The number of rotatable bonds is 4. The van der Waals surface area contributed by atoms with Gasteiger partial charge in [0.05, 0.1) is 19.8 Å². The molecule has 1 aliphatic carbocycles. The van der Waals surface area contributed by atoms with Gasteiger partial charge in [0.2, 0.25) is 11.8 Å². The molecule has 2 aliphatic rings. The first kappa shape index (κ1) is 39.2. The van der Waals surface area contributed by atoms with Crippen LogP contribution >= 0.6 is 0 Å². The summed E-state index contributed by atoms with van der Waals surface area (Å²) in [6.45, 7) is 11.9. The molecule has 1 aliphatic heterocycles. The summed E-state index contributed by atoms with van der Waals surface area (Å²) in [4.78, 5) is 30.0. The summed E-state index contributed by atoms with van der Waals surface area (Å²) in [6.07, 6.45) is 9.70. The maximum absolute atomic E-state index is 12.2. The fourth-order valence-electron chi connectivity index (χ4n) is 3.98. The lowest BCUT2D eigenvalue weighted by molar-refractivity contribution is -0.195. The Morgan fingerprint density at radius 2 is 1.73 bits per heavy atom. The topological polar surface area (TPSA) is 192 Å². The van der Waals surface area contributed by atoms with Crippen molar-refractivity contribution in [2.24, 2.45) is 17.4 Å². The summed E-state index contributed by atoms with van der Waals surface area (Å²) in [5.41, 5.74) is 14.3. The predicted octanol–water partition coefficient (Wildman–Crippen LogP) is 2.89. The van der Waals surface area contributed by atoms with Crippen LogP contribution in [0.5, 0.6) is 0 Å². The van der Waals surface area contributed by atoms with Crippen LogP contribution in [-0.4, -0.2) is 81.2 Å². The molecule has 45 heavy (non-hydrogen) atoms. The third-order valence-electron chi connectivity index (χ3n) is 6.52. The number of carbonyl (C=O) groups excluding carboxylic acids is 2. The zero-order valence-corrected chi connectivity index (χ0v) is 27.4. The molecule has 3 rings (SSSR count). The first-order valence-electron chi connectivity index (χ1n) is 15.6. The van der Waals surface area contributed by atoms with Crippen molar-refractivity contribution in [3.05, 3.63) is 71.3 Å². The number of nitrogen functional groups attached to an aromatic ring is 1. The van der Waals surface area contributed by atoms with Gasteiger partial charge in [0.25, 0.3) is 0 Å². The van der Waals surface area contributed by atoms with Crippen molar-refractivity contribution in [3.8, 4) is 0 Å². The lowest BCUT2D eigenvalue weighted by Gasteiger charge is -2.25. The van der Waals surface area contributed by atoms with Crippen molar-refractivity contribution < 1.29 is 19.2 Å². The highest BCUT2D eigenvalue weighted by Gasteiger charge is 2.27. The van der Waals surface area contributed by atoms with Crippen LogP contribution in [0, 0.1) is 23.7 Å². The normalized spacial score (nSPS) is 21.7. The number of benzene rings is 1. The molecule has 9 N–H and O–H groups in total. The monoisotopic (exact) mass is 626 g/mol. The molecule has 1 atom stereocenters. The van der Waals surface area contributed by atoms with E-state index in [9.17, 15) is 9.59 Å². The zero-order valence-electron chi connectivity index (χ0n) is 27.4. The predicted molar refractivity (Wildman–Crippen MR) is 181 cm³/mol. The van der Waals surface area contributed by atoms with E-state index in [2.05, 4.69) is 22.5 Å². The maximum Gasteiger partial charge on any atom is 0.239 e. The summed E-state index contributed by atoms with van der Waals surface area (Å²) in [5, 5.41) is 25.0. The van der Waals surface area contributed by atoms with Crippen LogP contribution in [0.25, 0.3) is 0 Å². The molecule has 0 spiro atoms. The molecule has 1 saturated carbocycles. The molecule has 12 nitrogen and oxygen atoms in total. The number of nitrogens with zero attached hydrogens (tertiary/aromatic N) is 1. The van der Waals surface area contributed by atoms with E-state index in [-0.39, 0.29) is 42.8 Å². The van der Waals surface area contributed by atoms with Crippen LogP contribution in [0.2, 0.25) is 0 Å². The van der Waals surface area contributed by atoms with Gasteiger partial charge in [-0.2, -0.15) is 5.06 Å². The number of carbonyl (C=O) groups is 2. The van der Waals surface area contributed by atoms with Crippen molar-refractivity contribution in [2.75, 3.05) is 46.4 Å². The van der Waals surface area contributed by atoms with Crippen LogP contribution in [0.3, 0.4) is 0 Å². The molecule has 1 aromatic carbocycles. The molecule has 1 unspecified atom stereocenters. The SMILES string of the molecule is C=C1/C=C(C(=N)N)\C=C/COCCNC(CC2CC2)ON(C)CC(=O)NCC(=O)NCCC1.CC.Cc1ccc(C(=N)N)cc1. The largest absolute Gasteiger partial charge is 0.384 e. The van der Waals surface area contributed by atoms with Gasteiger partial charge in [-0.1, -0.05) is 80.8 Å². The quantitative estimate of drug-likeness (QED) is 0.196. The summed E-state index contributed by atoms with van der Waals surface area (Å²) in [7, 11) is 1.70. The number of nitrogens with one attached hydrogen (secondary N) is 5. The minimum atomic E-state index is -0.287. The third kappa shape index (κ3) is 19.2. The van der Waals surface area contributed by atoms with E-state index in [1.807, 2.05) is 51.1 Å². The van der Waals surface area contributed by atoms with Gasteiger partial charge in [-0.15, -0.1) is 0 Å². The molecule has 0 aromatic heterocycles. The number of allylic oxidation sites excluding steroid dienone is 2. The molecule has 0 bridgehead atoms. The summed E-state index contributed by atoms with van der Waals surface area (Å²) >= 11 is 0. The zero-order chi connectivity index (χ0) is 33.6. The van der Waals surface area contributed by atoms with Gasteiger partial charge in [-0.3, -0.25) is 30.6 Å². The maximum atomic E-state index is 12.2. The van der Waals surface area contributed by atoms with Crippen molar-refractivity contribution >= 4 is 23.5 Å². The Morgan fingerprint density at radius 1 is 1.04 bits per heavy atom. The number of nitrogens with two attached hydrogens (primary N) is 2. The number of hydroxylamine groups is 2. The Hall–Kier alpha value is -3.84. The van der Waals surface area contributed by atoms with Crippen molar-refractivity contribution in [1.82, 2.24) is 21.0 Å². The van der Waals surface area contributed by atoms with Crippen LogP contribution in [0.1, 0.15) is 57.1 Å². The highest BCUT2D eigenvalue weighted by molar-refractivity contribution is 5.97. The van der Waals surface area contributed by atoms with Gasteiger partial charge in [0.15, 0.2) is 0 Å². The molecule has 1 aromatic rings. The highest BCUT2D eigenvalue weighted by atomic mass is 16.7. The van der Waals surface area contributed by atoms with E-state index in [0.29, 0.717) is 50.6 Å². The molecule has 2 amide bonds. The lowest BCUT2D eigenvalue weighted by Crippen LogP contribution is -2.44. The Kier molecular flexibility index (Phi) is 19.7. The number of hydrogen-bond acceptors (Lipinski definition) is 8. The Labute approximate surface area is 268 Å². The Bertz CT molecular complexity index is 1150. The van der Waals surface area contributed by atoms with Crippen LogP contribution < -0.4 is 27.4 Å². The van der Waals surface area contributed by atoms with Crippen molar-refractivity contribution in [3.63, 3.8) is 0 Å². The molecule has 0 saturated heterocycles. The van der Waals surface area contributed by atoms with E-state index < -0.39 is 0 Å². The number of amides is 2. The van der Waals surface area contributed by atoms with E-state index >= 15 is 0 Å². The molecule has 1 fully saturated rings. The minimum Gasteiger partial charge on any atom is -0.384 e. The van der Waals surface area contributed by atoms with Gasteiger partial charge in [0, 0.05) is 31.3 Å². The van der Waals surface area contributed by atoms with E-state index in [4.69, 9.17) is 31.9 Å². The molecule has 0 radical (unpaired) electrons. The second kappa shape index (κ2) is 22.6. The van der Waals surface area contributed by atoms with Crippen molar-refractivity contribution in [2.45, 2.75) is 59.1 Å². The summed E-state index contributed by atoms with van der Waals surface area (Å²) < 4.78 is 5.64. The van der Waals surface area contributed by atoms with Crippen LogP contribution in [0.15, 0.2) is 60.2 Å². The standard InChI is InChI=1S/C23H38N6O4.C8H10N2.C2H6/c1-17-5-3-9-26-20(30)15-28-21(31)16-29(2)33-22(14-18-7-8-18)27-10-12-32-11-4-6-19(13-17)23(24)25;1-6-2-4-7(5-3-6)8(9)10;1-2/h4,6,13,18,22,27H,1,3,5,7-12,14-16H2,2H3,(H3,24,25)(H,26,30)(H,28,31);2-5H,1H3,(H3,9,10);1-2H3/b6-4-,19-13+;;. The fourth-order valence-corrected chi connectivity index (χ4v) is 3.98. The number of hydrogen-bond donors (Lipinski definition) is 7. The average molecular weight is 627 g/mol. The third-order valence-corrected chi connectivity index (χ3v) is 6.52. The first-order chi connectivity index (χ1) is 21.5. The smallest absolute Gasteiger partial charge is 0.239 e. The molecular formula is C33H54N8O4. The van der Waals surface area contributed by atoms with Gasteiger partial charge >= 0.3 is 0 Å². The Morgan fingerprint density at radius 3 is 2.36 bits per heavy atom. The fraction of sp³-hybridized carbons (Fsp3) is 0.515. The molecule has 250 valence electrons. The Balaban J connectivity index is 0.000000707. The van der Waals surface area contributed by atoms with Gasteiger partial charge in [-0.05, 0) is 38.2 Å². The minimum absolute atomic E-state index is 0.0298. The summed E-state index contributed by atoms with van der Waals surface area (Å²) in [5.74, 6) is 0.181. The van der Waals surface area contributed by atoms with Gasteiger partial charge in [-0.25, -0.2) is 0 Å². The molecule has 12 heteroatoms. The van der Waals surface area contributed by atoms with E-state index in [1.54, 1.807) is 19.2 Å². The first-order valence-corrected chi connectivity index (χ1v) is 15.6. The summed E-state index contributed by atoms with van der Waals surface area (Å²) in [6, 6.07) is 7.57. The van der Waals surface area contributed by atoms with Gasteiger partial charge < -0.3 is 26.8 Å². The van der Waals surface area contributed by atoms with Gasteiger partial charge in [0.1, 0.15) is 24.4 Å². The number of aryl methyl sites for hydroxylation is 1. The van der Waals surface area contributed by atoms with Crippen LogP contribution in [0.4, 0.5) is 0 Å². The van der Waals surface area contributed by atoms with E-state index in [0.717, 1.165) is 17.6 Å². The molecule has 1 heterocycles. The number of amidine groups is 2. The second-order valence-electron chi connectivity index (χ2n) is 10.7. The highest BCUT2D eigenvalue weighted by Crippen LogP contribution is 2.33. The van der Waals surface area contributed by atoms with E-state index in [1.165, 1.54) is 23.5 Å². The number of ether oxygens (including phenoxy) is 1. The second-order valence-corrected chi connectivity index (χ2v) is 10.7. The van der Waals surface area contributed by atoms with Crippen LogP contribution in [-0.2, 0) is 19.2 Å². The number of likely N-dealkylation sites (N-methyl/N-ethyl adjacent to an activating group) is 1.